The van der Waals surface area contributed by atoms with Gasteiger partial charge in [0.1, 0.15) is 6.54 Å². The van der Waals surface area contributed by atoms with Crippen molar-refractivity contribution in [3.8, 4) is 11.1 Å². The first-order valence-electron chi connectivity index (χ1n) is 12.1. The first-order chi connectivity index (χ1) is 17.4. The number of nitrogens with one attached hydrogen (secondary N) is 1. The first kappa shape index (κ1) is 23.5. The van der Waals surface area contributed by atoms with Crippen LogP contribution in [0.25, 0.3) is 22.2 Å². The maximum absolute atomic E-state index is 13.1. The van der Waals surface area contributed by atoms with Gasteiger partial charge in [0.05, 0.1) is 35.5 Å². The number of rotatable bonds is 7. The standard InChI is InChI=1S/C27H30N8O/c1-6-33-19(4)22(14-29-33)15-34-20(5)26(18(3)32-34)30-24(36)16-35-27-25(17(2)31-35)23(12-13-28-27)21-10-8-7-9-11-21/h7-14H,6,15-16H2,1-5H3,(H,30,36). The lowest BCUT2D eigenvalue weighted by Gasteiger charge is -2.08. The topological polar surface area (TPSA) is 95.5 Å². The Morgan fingerprint density at radius 2 is 1.67 bits per heavy atom. The summed E-state index contributed by atoms with van der Waals surface area (Å²) < 4.78 is 5.55. The van der Waals surface area contributed by atoms with Crippen molar-refractivity contribution in [2.45, 2.75) is 54.3 Å². The maximum Gasteiger partial charge on any atom is 0.246 e. The smallest absolute Gasteiger partial charge is 0.246 e. The lowest BCUT2D eigenvalue weighted by atomic mass is 10.0. The van der Waals surface area contributed by atoms with Gasteiger partial charge in [-0.25, -0.2) is 9.67 Å². The van der Waals surface area contributed by atoms with Gasteiger partial charge in [0.15, 0.2) is 5.65 Å². The molecule has 0 aliphatic heterocycles. The first-order valence-corrected chi connectivity index (χ1v) is 12.1. The molecule has 36 heavy (non-hydrogen) atoms. The molecule has 4 heterocycles. The Morgan fingerprint density at radius 1 is 0.917 bits per heavy atom. The molecule has 5 aromatic rings. The molecule has 1 amide bonds. The Hall–Kier alpha value is -4.27. The van der Waals surface area contributed by atoms with Crippen molar-refractivity contribution in [1.82, 2.24) is 34.3 Å². The van der Waals surface area contributed by atoms with E-state index in [9.17, 15) is 4.79 Å². The van der Waals surface area contributed by atoms with Crippen molar-refractivity contribution in [2.24, 2.45) is 0 Å². The van der Waals surface area contributed by atoms with Gasteiger partial charge in [-0.15, -0.1) is 0 Å². The summed E-state index contributed by atoms with van der Waals surface area (Å²) >= 11 is 0. The molecule has 4 aromatic heterocycles. The highest BCUT2D eigenvalue weighted by atomic mass is 16.2. The van der Waals surface area contributed by atoms with Crippen LogP contribution < -0.4 is 5.32 Å². The van der Waals surface area contributed by atoms with Crippen LogP contribution in [0.3, 0.4) is 0 Å². The van der Waals surface area contributed by atoms with Crippen LogP contribution in [0.1, 0.15) is 35.3 Å². The summed E-state index contributed by atoms with van der Waals surface area (Å²) in [5, 5.41) is 17.8. The van der Waals surface area contributed by atoms with Crippen molar-refractivity contribution in [1.29, 1.82) is 0 Å². The van der Waals surface area contributed by atoms with E-state index < -0.39 is 0 Å². The molecular formula is C27H30N8O. The number of amides is 1. The summed E-state index contributed by atoms with van der Waals surface area (Å²) in [5.41, 5.74) is 8.31. The van der Waals surface area contributed by atoms with Gasteiger partial charge in [-0.1, -0.05) is 30.3 Å². The number of nitrogens with zero attached hydrogens (tertiary/aromatic N) is 7. The van der Waals surface area contributed by atoms with Crippen LogP contribution in [-0.2, 0) is 24.4 Å². The average molecular weight is 483 g/mol. The van der Waals surface area contributed by atoms with Crippen LogP contribution >= 0.6 is 0 Å². The molecule has 5 rings (SSSR count). The number of carbonyl (C=O) groups excluding carboxylic acids is 1. The monoisotopic (exact) mass is 482 g/mol. The number of fused-ring (bicyclic) bond motifs is 1. The van der Waals surface area contributed by atoms with Crippen LogP contribution in [0, 0.1) is 27.7 Å². The molecule has 0 radical (unpaired) electrons. The zero-order valence-electron chi connectivity index (χ0n) is 21.3. The molecule has 0 aliphatic rings. The summed E-state index contributed by atoms with van der Waals surface area (Å²) in [6.07, 6.45) is 3.65. The molecule has 0 saturated heterocycles. The van der Waals surface area contributed by atoms with Crippen molar-refractivity contribution in [3.05, 3.63) is 77.1 Å². The van der Waals surface area contributed by atoms with Gasteiger partial charge in [0, 0.05) is 29.4 Å². The van der Waals surface area contributed by atoms with Crippen LogP contribution in [0.4, 0.5) is 5.69 Å². The van der Waals surface area contributed by atoms with E-state index in [4.69, 9.17) is 0 Å². The van der Waals surface area contributed by atoms with Crippen molar-refractivity contribution < 1.29 is 4.79 Å². The number of anilines is 1. The molecular weight excluding hydrogens is 452 g/mol. The molecule has 9 nitrogen and oxygen atoms in total. The van der Waals surface area contributed by atoms with E-state index in [-0.39, 0.29) is 12.5 Å². The summed E-state index contributed by atoms with van der Waals surface area (Å²) in [5.74, 6) is -0.174. The molecule has 0 atom stereocenters. The molecule has 0 bridgehead atoms. The molecule has 0 unspecified atom stereocenters. The molecule has 9 heteroatoms. The van der Waals surface area contributed by atoms with Crippen molar-refractivity contribution in [2.75, 3.05) is 5.32 Å². The second-order valence-corrected chi connectivity index (χ2v) is 8.99. The third-order valence-electron chi connectivity index (χ3n) is 6.66. The minimum Gasteiger partial charge on any atom is -0.321 e. The fourth-order valence-corrected chi connectivity index (χ4v) is 4.72. The summed E-state index contributed by atoms with van der Waals surface area (Å²) in [7, 11) is 0. The Kier molecular flexibility index (Phi) is 6.13. The highest BCUT2D eigenvalue weighted by molar-refractivity contribution is 5.96. The van der Waals surface area contributed by atoms with Gasteiger partial charge < -0.3 is 5.32 Å². The zero-order valence-corrected chi connectivity index (χ0v) is 21.3. The van der Waals surface area contributed by atoms with E-state index >= 15 is 0 Å². The van der Waals surface area contributed by atoms with Gasteiger partial charge >= 0.3 is 0 Å². The van der Waals surface area contributed by atoms with Gasteiger partial charge in [-0.2, -0.15) is 15.3 Å². The van der Waals surface area contributed by atoms with Crippen molar-refractivity contribution >= 4 is 22.6 Å². The number of hydrogen-bond acceptors (Lipinski definition) is 5. The summed E-state index contributed by atoms with van der Waals surface area (Å²) in [6, 6.07) is 12.1. The minimum atomic E-state index is -0.174. The molecule has 0 aliphatic carbocycles. The van der Waals surface area contributed by atoms with Gasteiger partial charge in [0.25, 0.3) is 0 Å². The van der Waals surface area contributed by atoms with Crippen molar-refractivity contribution in [3.63, 3.8) is 0 Å². The highest BCUT2D eigenvalue weighted by Crippen LogP contribution is 2.29. The van der Waals surface area contributed by atoms with E-state index in [1.807, 2.05) is 60.6 Å². The normalized spacial score (nSPS) is 11.4. The molecule has 0 fully saturated rings. The molecule has 1 N–H and O–H groups in total. The number of aryl methyl sites for hydroxylation is 3. The Morgan fingerprint density at radius 3 is 2.39 bits per heavy atom. The number of aromatic nitrogens is 7. The van der Waals surface area contributed by atoms with E-state index in [2.05, 4.69) is 51.6 Å². The van der Waals surface area contributed by atoms with E-state index in [1.54, 1.807) is 10.9 Å². The average Bonchev–Trinajstić information content (AvgIpc) is 3.48. The lowest BCUT2D eigenvalue weighted by molar-refractivity contribution is -0.116. The number of hydrogen-bond donors (Lipinski definition) is 1. The largest absolute Gasteiger partial charge is 0.321 e. The third kappa shape index (κ3) is 4.17. The second kappa shape index (κ2) is 9.41. The number of carbonyl (C=O) groups is 1. The number of pyridine rings is 1. The molecule has 184 valence electrons. The predicted molar refractivity (Wildman–Crippen MR) is 140 cm³/mol. The van der Waals surface area contributed by atoms with E-state index in [0.29, 0.717) is 12.2 Å². The minimum absolute atomic E-state index is 0.0576. The SMILES string of the molecule is CCn1ncc(Cn2nc(C)c(NC(=O)Cn3nc(C)c4c(-c5ccccc5)ccnc43)c2C)c1C. The van der Waals surface area contributed by atoms with Gasteiger partial charge in [0.2, 0.25) is 5.91 Å². The Balaban J connectivity index is 1.38. The quantitative estimate of drug-likeness (QED) is 0.370. The molecule has 0 saturated carbocycles. The van der Waals surface area contributed by atoms with E-state index in [0.717, 1.165) is 57.1 Å². The molecule has 0 spiro atoms. The van der Waals surface area contributed by atoms with Gasteiger partial charge in [-0.3, -0.25) is 14.2 Å². The van der Waals surface area contributed by atoms with Crippen LogP contribution in [0.2, 0.25) is 0 Å². The second-order valence-electron chi connectivity index (χ2n) is 8.99. The Labute approximate surface area is 209 Å². The van der Waals surface area contributed by atoms with E-state index in [1.165, 1.54) is 0 Å². The molecule has 1 aromatic carbocycles. The third-order valence-corrected chi connectivity index (χ3v) is 6.66. The summed E-state index contributed by atoms with van der Waals surface area (Å²) in [4.78, 5) is 17.7. The van der Waals surface area contributed by atoms with Gasteiger partial charge in [-0.05, 0) is 51.8 Å². The fourth-order valence-electron chi connectivity index (χ4n) is 4.72. The zero-order chi connectivity index (χ0) is 25.4. The van der Waals surface area contributed by atoms with Crippen LogP contribution in [0.15, 0.2) is 48.8 Å². The predicted octanol–water partition coefficient (Wildman–Crippen LogP) is 4.43. The van der Waals surface area contributed by atoms with Crippen LogP contribution in [-0.4, -0.2) is 40.2 Å². The van der Waals surface area contributed by atoms with Crippen LogP contribution in [0.5, 0.6) is 0 Å². The lowest BCUT2D eigenvalue weighted by Crippen LogP contribution is -2.20. The fraction of sp³-hybridized carbons (Fsp3) is 0.296. The Bertz CT molecular complexity index is 1560. The maximum atomic E-state index is 13.1. The number of benzene rings is 1. The highest BCUT2D eigenvalue weighted by Gasteiger charge is 2.19. The summed E-state index contributed by atoms with van der Waals surface area (Å²) in [6.45, 7) is 11.4.